The first-order chi connectivity index (χ1) is 10.1. The lowest BCUT2D eigenvalue weighted by Crippen LogP contribution is -2.23. The number of ether oxygens (including phenoxy) is 2. The Kier molecular flexibility index (Phi) is 7.76. The first kappa shape index (κ1) is 17.4. The van der Waals surface area contributed by atoms with E-state index < -0.39 is 12.5 Å². The summed E-state index contributed by atoms with van der Waals surface area (Å²) < 4.78 is 23.8. The van der Waals surface area contributed by atoms with Crippen molar-refractivity contribution in [2.45, 2.75) is 25.8 Å². The summed E-state index contributed by atoms with van der Waals surface area (Å²) in [4.78, 5) is 0. The van der Waals surface area contributed by atoms with Crippen LogP contribution in [0.4, 0.5) is 4.39 Å². The molecule has 1 rings (SSSR count). The Bertz CT molecular complexity index is 516. The molecule has 0 heterocycles. The number of nitrogens with zero attached hydrogens (tertiary/aromatic N) is 1. The number of allylic oxidation sites excluding steroid dienone is 1. The topological polar surface area (TPSA) is 62.5 Å². The van der Waals surface area contributed by atoms with Gasteiger partial charge in [-0.05, 0) is 25.1 Å². The normalized spacial score (nSPS) is 13.9. The summed E-state index contributed by atoms with van der Waals surface area (Å²) in [5.41, 5.74) is 0.240. The molecule has 0 amide bonds. The second kappa shape index (κ2) is 9.35. The van der Waals surface area contributed by atoms with Crippen molar-refractivity contribution in [1.29, 1.82) is 5.26 Å². The highest BCUT2D eigenvalue weighted by atomic mass is 35.5. The molecular formula is C15H17ClFNO3. The first-order valence-corrected chi connectivity index (χ1v) is 6.82. The largest absolute Gasteiger partial charge is 0.489 e. The highest BCUT2D eigenvalue weighted by molar-refractivity contribution is 6.30. The van der Waals surface area contributed by atoms with Gasteiger partial charge in [0.25, 0.3) is 0 Å². The molecule has 0 aliphatic carbocycles. The molecule has 0 saturated heterocycles. The maximum absolute atomic E-state index is 13.6. The molecule has 2 atom stereocenters. The molecular weight excluding hydrogens is 297 g/mol. The average molecular weight is 314 g/mol. The quantitative estimate of drug-likeness (QED) is 0.591. The lowest BCUT2D eigenvalue weighted by molar-refractivity contribution is -0.112. The second-order valence-electron chi connectivity index (χ2n) is 4.25. The Labute approximate surface area is 128 Å². The third-order valence-electron chi connectivity index (χ3n) is 2.52. The van der Waals surface area contributed by atoms with Crippen LogP contribution < -0.4 is 4.74 Å². The van der Waals surface area contributed by atoms with Gasteiger partial charge in [0.15, 0.2) is 12.5 Å². The van der Waals surface area contributed by atoms with Gasteiger partial charge in [-0.25, -0.2) is 4.39 Å². The average Bonchev–Trinajstić information content (AvgIpc) is 2.49. The van der Waals surface area contributed by atoms with Gasteiger partial charge in [0, 0.05) is 11.4 Å². The summed E-state index contributed by atoms with van der Waals surface area (Å²) in [6.07, 6.45) is 1.35. The molecule has 0 fully saturated rings. The molecule has 0 aromatic heterocycles. The zero-order chi connectivity index (χ0) is 15.7. The van der Waals surface area contributed by atoms with E-state index in [1.807, 2.05) is 13.0 Å². The van der Waals surface area contributed by atoms with Gasteiger partial charge in [0.2, 0.25) is 0 Å². The van der Waals surface area contributed by atoms with E-state index >= 15 is 0 Å². The molecule has 21 heavy (non-hydrogen) atoms. The molecule has 0 bridgehead atoms. The number of aliphatic hydroxyl groups excluding tert-OH is 1. The van der Waals surface area contributed by atoms with Gasteiger partial charge in [-0.1, -0.05) is 23.8 Å². The monoisotopic (exact) mass is 313 g/mol. The number of rotatable bonds is 8. The minimum absolute atomic E-state index is 0.240. The summed E-state index contributed by atoms with van der Waals surface area (Å²) in [7, 11) is 0. The van der Waals surface area contributed by atoms with Crippen molar-refractivity contribution in [1.82, 2.24) is 0 Å². The van der Waals surface area contributed by atoms with E-state index in [1.54, 1.807) is 18.2 Å². The molecule has 0 saturated carbocycles. The summed E-state index contributed by atoms with van der Waals surface area (Å²) in [6, 6.07) is 6.44. The van der Waals surface area contributed by atoms with Gasteiger partial charge in [0.1, 0.15) is 18.4 Å². The Morgan fingerprint density at radius 2 is 2.24 bits per heavy atom. The van der Waals surface area contributed by atoms with Crippen LogP contribution >= 0.6 is 11.6 Å². The van der Waals surface area contributed by atoms with Crippen LogP contribution in [0.25, 0.3) is 0 Å². The number of aliphatic hydroxyl groups is 1. The number of nitriles is 1. The molecule has 1 aromatic rings. The minimum Gasteiger partial charge on any atom is -0.489 e. The fourth-order valence-corrected chi connectivity index (χ4v) is 1.65. The van der Waals surface area contributed by atoms with E-state index in [0.717, 1.165) is 0 Å². The van der Waals surface area contributed by atoms with Gasteiger partial charge in [-0.3, -0.25) is 0 Å². The maximum Gasteiger partial charge on any atom is 0.158 e. The molecule has 114 valence electrons. The number of benzene rings is 1. The van der Waals surface area contributed by atoms with Gasteiger partial charge >= 0.3 is 0 Å². The van der Waals surface area contributed by atoms with Crippen LogP contribution in [0.2, 0.25) is 5.02 Å². The summed E-state index contributed by atoms with van der Waals surface area (Å²) in [6.45, 7) is 1.26. The van der Waals surface area contributed by atoms with Crippen LogP contribution in [0.3, 0.4) is 0 Å². The van der Waals surface area contributed by atoms with Crippen LogP contribution in [-0.4, -0.2) is 30.8 Å². The van der Waals surface area contributed by atoms with Gasteiger partial charge in [0.05, 0.1) is 12.2 Å². The molecule has 0 aliphatic rings. The smallest absolute Gasteiger partial charge is 0.158 e. The Balaban J connectivity index is 2.40. The Morgan fingerprint density at radius 3 is 2.90 bits per heavy atom. The lowest BCUT2D eigenvalue weighted by Gasteiger charge is -2.14. The Hall–Kier alpha value is -1.61. The first-order valence-electron chi connectivity index (χ1n) is 6.44. The molecule has 1 unspecified atom stereocenters. The molecule has 0 radical (unpaired) electrons. The van der Waals surface area contributed by atoms with E-state index in [4.69, 9.17) is 26.3 Å². The van der Waals surface area contributed by atoms with Gasteiger partial charge in [-0.15, -0.1) is 0 Å². The molecule has 1 aromatic carbocycles. The molecule has 1 N–H and O–H groups in total. The molecule has 4 nitrogen and oxygen atoms in total. The van der Waals surface area contributed by atoms with E-state index in [0.29, 0.717) is 11.4 Å². The Morgan fingerprint density at radius 1 is 1.48 bits per heavy atom. The number of alkyl halides is 1. The van der Waals surface area contributed by atoms with Crippen molar-refractivity contribution < 1.29 is 19.0 Å². The third kappa shape index (κ3) is 6.58. The van der Waals surface area contributed by atoms with Crippen molar-refractivity contribution in [3.8, 4) is 11.8 Å². The van der Waals surface area contributed by atoms with E-state index in [1.165, 1.54) is 12.1 Å². The van der Waals surface area contributed by atoms with Crippen LogP contribution in [0.15, 0.2) is 30.4 Å². The zero-order valence-electron chi connectivity index (χ0n) is 11.6. The van der Waals surface area contributed by atoms with E-state index in [9.17, 15) is 9.50 Å². The summed E-state index contributed by atoms with van der Waals surface area (Å²) >= 11 is 5.75. The fraction of sp³-hybridized carbons (Fsp3) is 0.400. The van der Waals surface area contributed by atoms with E-state index in [-0.39, 0.29) is 24.5 Å². The lowest BCUT2D eigenvalue weighted by atomic mass is 10.2. The summed E-state index contributed by atoms with van der Waals surface area (Å²) in [5, 5.41) is 18.7. The van der Waals surface area contributed by atoms with Gasteiger partial charge < -0.3 is 14.6 Å². The predicted molar refractivity (Wildman–Crippen MR) is 77.9 cm³/mol. The van der Waals surface area contributed by atoms with E-state index in [2.05, 4.69) is 0 Å². The van der Waals surface area contributed by atoms with Crippen molar-refractivity contribution in [3.05, 3.63) is 40.9 Å². The fourth-order valence-electron chi connectivity index (χ4n) is 1.48. The molecule has 0 spiro atoms. The maximum atomic E-state index is 13.6. The zero-order valence-corrected chi connectivity index (χ0v) is 12.4. The van der Waals surface area contributed by atoms with Crippen LogP contribution in [0.1, 0.15) is 18.9 Å². The summed E-state index contributed by atoms with van der Waals surface area (Å²) in [5.74, 6) is 0.263. The standard InChI is InChI=1S/C15H17ClFNO3/c1-2-3-4-15(19)21-10-13(17)9-20-14-6-5-12(16)7-11(14)8-18/h2-3,5-7,13,15,19H,4,9-10H2,1H3/b3-2-/t13-,15?/m1/s1. The van der Waals surface area contributed by atoms with Crippen molar-refractivity contribution in [3.63, 3.8) is 0 Å². The van der Waals surface area contributed by atoms with Gasteiger partial charge in [-0.2, -0.15) is 5.26 Å². The second-order valence-corrected chi connectivity index (χ2v) is 4.69. The van der Waals surface area contributed by atoms with Crippen LogP contribution in [-0.2, 0) is 4.74 Å². The number of hydrogen-bond donors (Lipinski definition) is 1. The minimum atomic E-state index is -1.41. The van der Waals surface area contributed by atoms with Crippen molar-refractivity contribution in [2.24, 2.45) is 0 Å². The molecule has 0 aliphatic heterocycles. The van der Waals surface area contributed by atoms with Crippen molar-refractivity contribution >= 4 is 11.6 Å². The SMILES string of the molecule is C/C=C\CC(O)OC[C@H](F)COc1ccc(Cl)cc1C#N. The van der Waals surface area contributed by atoms with Crippen LogP contribution in [0, 0.1) is 11.3 Å². The number of halogens is 2. The van der Waals surface area contributed by atoms with Crippen molar-refractivity contribution in [2.75, 3.05) is 13.2 Å². The van der Waals surface area contributed by atoms with Crippen LogP contribution in [0.5, 0.6) is 5.75 Å². The highest BCUT2D eigenvalue weighted by Gasteiger charge is 2.12. The highest BCUT2D eigenvalue weighted by Crippen LogP contribution is 2.22. The predicted octanol–water partition coefficient (Wildman–Crippen LogP) is 3.23. The number of hydrogen-bond acceptors (Lipinski definition) is 4. The third-order valence-corrected chi connectivity index (χ3v) is 2.76. The molecule has 6 heteroatoms.